The number of aliphatic carboxylic acids is 1. The molecule has 0 aliphatic heterocycles. The summed E-state index contributed by atoms with van der Waals surface area (Å²) in [6.07, 6.45) is -3.69. The van der Waals surface area contributed by atoms with Gasteiger partial charge in [0.05, 0.1) is 11.0 Å². The zero-order valence-electron chi connectivity index (χ0n) is 12.3. The molecule has 0 bridgehead atoms. The van der Waals surface area contributed by atoms with Crippen molar-refractivity contribution in [3.8, 4) is 0 Å². The first-order valence-corrected chi connectivity index (χ1v) is 6.88. The first kappa shape index (κ1) is 15.9. The Morgan fingerprint density at radius 3 is 2.24 bits per heavy atom. The SMILES string of the molecule is CC(C)(C)C1CC(C(=O)O)(c2cccc(C(F)(F)F)c2)C1. The Morgan fingerprint density at radius 2 is 1.81 bits per heavy atom. The second kappa shape index (κ2) is 4.75. The van der Waals surface area contributed by atoms with E-state index in [1.54, 1.807) is 0 Å². The molecule has 116 valence electrons. The van der Waals surface area contributed by atoms with Crippen LogP contribution in [0.4, 0.5) is 13.2 Å². The van der Waals surface area contributed by atoms with Crippen LogP contribution in [0.3, 0.4) is 0 Å². The quantitative estimate of drug-likeness (QED) is 0.874. The van der Waals surface area contributed by atoms with Gasteiger partial charge in [-0.05, 0) is 35.8 Å². The summed E-state index contributed by atoms with van der Waals surface area (Å²) in [6, 6.07) is 4.72. The number of benzene rings is 1. The Balaban J connectivity index is 2.37. The van der Waals surface area contributed by atoms with Gasteiger partial charge in [0.25, 0.3) is 0 Å². The molecule has 0 amide bonds. The number of carboxylic acid groups (broad SMARTS) is 1. The first-order valence-electron chi connectivity index (χ1n) is 6.88. The molecule has 0 radical (unpaired) electrons. The third-order valence-electron chi connectivity index (χ3n) is 4.57. The summed E-state index contributed by atoms with van der Waals surface area (Å²) in [7, 11) is 0. The summed E-state index contributed by atoms with van der Waals surface area (Å²) in [6.45, 7) is 6.07. The lowest BCUT2D eigenvalue weighted by Crippen LogP contribution is -2.51. The highest BCUT2D eigenvalue weighted by molar-refractivity contribution is 5.83. The van der Waals surface area contributed by atoms with E-state index in [4.69, 9.17) is 0 Å². The van der Waals surface area contributed by atoms with Gasteiger partial charge >= 0.3 is 12.1 Å². The Labute approximate surface area is 122 Å². The molecule has 2 rings (SSSR count). The molecule has 1 N–H and O–H groups in total. The van der Waals surface area contributed by atoms with Gasteiger partial charge in [-0.2, -0.15) is 13.2 Å². The molecule has 0 spiro atoms. The normalized spacial score (nSPS) is 26.3. The fourth-order valence-electron chi connectivity index (χ4n) is 2.92. The molecule has 1 saturated carbocycles. The van der Waals surface area contributed by atoms with Crippen LogP contribution < -0.4 is 0 Å². The monoisotopic (exact) mass is 300 g/mol. The smallest absolute Gasteiger partial charge is 0.416 e. The molecule has 21 heavy (non-hydrogen) atoms. The number of carboxylic acids is 1. The van der Waals surface area contributed by atoms with Crippen LogP contribution in [0.2, 0.25) is 0 Å². The number of carbonyl (C=O) groups is 1. The van der Waals surface area contributed by atoms with Gasteiger partial charge in [0.2, 0.25) is 0 Å². The predicted molar refractivity (Wildman–Crippen MR) is 72.9 cm³/mol. The second-order valence-electron chi connectivity index (χ2n) is 6.94. The number of alkyl halides is 3. The van der Waals surface area contributed by atoms with Crippen LogP contribution in [0, 0.1) is 11.3 Å². The molecule has 0 aromatic heterocycles. The molecule has 2 nitrogen and oxygen atoms in total. The summed E-state index contributed by atoms with van der Waals surface area (Å²) in [4.78, 5) is 11.7. The van der Waals surface area contributed by atoms with Crippen LogP contribution in [0.25, 0.3) is 0 Å². The van der Waals surface area contributed by atoms with Crippen molar-refractivity contribution in [3.63, 3.8) is 0 Å². The predicted octanol–water partition coefficient (Wildman–Crippen LogP) is 4.48. The van der Waals surface area contributed by atoms with Crippen molar-refractivity contribution in [2.24, 2.45) is 11.3 Å². The molecule has 0 saturated heterocycles. The van der Waals surface area contributed by atoms with Gasteiger partial charge in [-0.25, -0.2) is 0 Å². The zero-order chi connectivity index (χ0) is 16.1. The van der Waals surface area contributed by atoms with E-state index in [-0.39, 0.29) is 16.9 Å². The summed E-state index contributed by atoms with van der Waals surface area (Å²) >= 11 is 0. The van der Waals surface area contributed by atoms with Gasteiger partial charge in [0.1, 0.15) is 0 Å². The average Bonchev–Trinajstić information content (AvgIpc) is 2.24. The van der Waals surface area contributed by atoms with E-state index in [1.165, 1.54) is 12.1 Å². The maximum atomic E-state index is 12.8. The van der Waals surface area contributed by atoms with Crippen molar-refractivity contribution in [1.82, 2.24) is 0 Å². The molecule has 0 heterocycles. The topological polar surface area (TPSA) is 37.3 Å². The van der Waals surface area contributed by atoms with Crippen molar-refractivity contribution in [2.45, 2.75) is 45.2 Å². The minimum Gasteiger partial charge on any atom is -0.481 e. The maximum absolute atomic E-state index is 12.8. The molecule has 1 aromatic rings. The van der Waals surface area contributed by atoms with Crippen molar-refractivity contribution >= 4 is 5.97 Å². The largest absolute Gasteiger partial charge is 0.481 e. The highest BCUT2D eigenvalue weighted by Crippen LogP contribution is 2.54. The van der Waals surface area contributed by atoms with Crippen LogP contribution in [-0.4, -0.2) is 11.1 Å². The summed E-state index contributed by atoms with van der Waals surface area (Å²) < 4.78 is 38.4. The Bertz CT molecular complexity index is 549. The average molecular weight is 300 g/mol. The maximum Gasteiger partial charge on any atom is 0.416 e. The van der Waals surface area contributed by atoms with Crippen LogP contribution >= 0.6 is 0 Å². The van der Waals surface area contributed by atoms with Crippen LogP contribution in [0.5, 0.6) is 0 Å². The molecular weight excluding hydrogens is 281 g/mol. The molecule has 1 aliphatic rings. The van der Waals surface area contributed by atoms with E-state index < -0.39 is 23.1 Å². The standard InChI is InChI=1S/C16H19F3O2/c1-14(2,3)12-8-15(9-12,13(20)21)10-5-4-6-11(7-10)16(17,18)19/h4-7,12H,8-9H2,1-3H3,(H,20,21). The van der Waals surface area contributed by atoms with Gasteiger partial charge in [0, 0.05) is 0 Å². The van der Waals surface area contributed by atoms with Crippen LogP contribution in [0.15, 0.2) is 24.3 Å². The number of rotatable bonds is 2. The van der Waals surface area contributed by atoms with Crippen LogP contribution in [-0.2, 0) is 16.4 Å². The first-order chi connectivity index (χ1) is 9.47. The molecule has 1 aromatic carbocycles. The van der Waals surface area contributed by atoms with E-state index >= 15 is 0 Å². The summed E-state index contributed by atoms with van der Waals surface area (Å²) in [5.74, 6) is -0.842. The van der Waals surface area contributed by atoms with Gasteiger partial charge in [-0.3, -0.25) is 4.79 Å². The highest BCUT2D eigenvalue weighted by atomic mass is 19.4. The van der Waals surface area contributed by atoms with E-state index in [0.29, 0.717) is 12.8 Å². The minimum absolute atomic E-state index is 0.0411. The lowest BCUT2D eigenvalue weighted by Gasteiger charge is -2.50. The molecule has 0 atom stereocenters. The van der Waals surface area contributed by atoms with Crippen molar-refractivity contribution < 1.29 is 23.1 Å². The fraction of sp³-hybridized carbons (Fsp3) is 0.562. The van der Waals surface area contributed by atoms with Gasteiger partial charge < -0.3 is 5.11 Å². The molecule has 1 fully saturated rings. The van der Waals surface area contributed by atoms with Crippen molar-refractivity contribution in [1.29, 1.82) is 0 Å². The zero-order valence-corrected chi connectivity index (χ0v) is 12.3. The molecular formula is C16H19F3O2. The van der Waals surface area contributed by atoms with E-state index in [9.17, 15) is 23.1 Å². The van der Waals surface area contributed by atoms with E-state index in [2.05, 4.69) is 0 Å². The Hall–Kier alpha value is -1.52. The second-order valence-corrected chi connectivity index (χ2v) is 6.94. The van der Waals surface area contributed by atoms with Crippen molar-refractivity contribution in [2.75, 3.05) is 0 Å². The Kier molecular flexibility index (Phi) is 3.59. The van der Waals surface area contributed by atoms with E-state index in [0.717, 1.165) is 12.1 Å². The van der Waals surface area contributed by atoms with Gasteiger partial charge in [-0.1, -0.05) is 39.0 Å². The van der Waals surface area contributed by atoms with Gasteiger partial charge in [0.15, 0.2) is 0 Å². The minimum atomic E-state index is -4.46. The lowest BCUT2D eigenvalue weighted by atomic mass is 9.52. The fourth-order valence-corrected chi connectivity index (χ4v) is 2.92. The summed E-state index contributed by atoms with van der Waals surface area (Å²) in [5, 5.41) is 9.53. The third kappa shape index (κ3) is 2.78. The Morgan fingerprint density at radius 1 is 1.24 bits per heavy atom. The number of hydrogen-bond acceptors (Lipinski definition) is 1. The van der Waals surface area contributed by atoms with E-state index in [1.807, 2.05) is 20.8 Å². The molecule has 1 aliphatic carbocycles. The lowest BCUT2D eigenvalue weighted by molar-refractivity contribution is -0.152. The third-order valence-corrected chi connectivity index (χ3v) is 4.57. The molecule has 5 heteroatoms. The number of hydrogen-bond donors (Lipinski definition) is 1. The van der Waals surface area contributed by atoms with Crippen molar-refractivity contribution in [3.05, 3.63) is 35.4 Å². The highest BCUT2D eigenvalue weighted by Gasteiger charge is 2.54. The number of halogens is 3. The molecule has 0 unspecified atom stereocenters. The van der Waals surface area contributed by atoms with Gasteiger partial charge in [-0.15, -0.1) is 0 Å². The van der Waals surface area contributed by atoms with Crippen LogP contribution in [0.1, 0.15) is 44.7 Å². The summed E-state index contributed by atoms with van der Waals surface area (Å²) in [5.41, 5.74) is -1.76.